The molecule has 1 aliphatic carbocycles. The maximum absolute atomic E-state index is 12.3. The summed E-state index contributed by atoms with van der Waals surface area (Å²) >= 11 is 0. The molecule has 1 atom stereocenters. The molecule has 0 radical (unpaired) electrons. The van der Waals surface area contributed by atoms with E-state index >= 15 is 0 Å². The second-order valence-corrected chi connectivity index (χ2v) is 9.81. The van der Waals surface area contributed by atoms with Crippen LogP contribution in [0.1, 0.15) is 56.7 Å². The number of nitriles is 1. The second kappa shape index (κ2) is 9.14. The molecule has 0 N–H and O–H groups in total. The van der Waals surface area contributed by atoms with Crippen molar-refractivity contribution in [1.82, 2.24) is 14.9 Å². The number of amides is 1. The molecule has 1 fully saturated rings. The van der Waals surface area contributed by atoms with Crippen molar-refractivity contribution in [3.63, 3.8) is 0 Å². The Balaban J connectivity index is 1.42. The van der Waals surface area contributed by atoms with Gasteiger partial charge in [-0.2, -0.15) is 5.26 Å². The van der Waals surface area contributed by atoms with E-state index in [9.17, 15) is 10.1 Å². The fourth-order valence-corrected chi connectivity index (χ4v) is 5.57. The van der Waals surface area contributed by atoms with Crippen LogP contribution in [0.2, 0.25) is 0 Å². The summed E-state index contributed by atoms with van der Waals surface area (Å²) in [5.41, 5.74) is 6.78. The highest BCUT2D eigenvalue weighted by molar-refractivity contribution is 5.77. The lowest BCUT2D eigenvalue weighted by Crippen LogP contribution is -2.32. The van der Waals surface area contributed by atoms with Gasteiger partial charge in [0, 0.05) is 36.1 Å². The summed E-state index contributed by atoms with van der Waals surface area (Å²) in [6.07, 6.45) is 7.24. The molecule has 0 bridgehead atoms. The second-order valence-electron chi connectivity index (χ2n) is 9.81. The number of benzene rings is 2. The highest BCUT2D eigenvalue weighted by Gasteiger charge is 2.45. The minimum atomic E-state index is -0.00166. The van der Waals surface area contributed by atoms with Gasteiger partial charge in [0.2, 0.25) is 5.91 Å². The largest absolute Gasteiger partial charge is 0.490 e. The number of likely N-dealkylation sites (tertiary alicyclic amines) is 1. The molecule has 1 unspecified atom stereocenters. The van der Waals surface area contributed by atoms with E-state index in [1.165, 1.54) is 11.1 Å². The molecule has 1 aromatic heterocycles. The Morgan fingerprint density at radius 2 is 1.97 bits per heavy atom. The van der Waals surface area contributed by atoms with Crippen molar-refractivity contribution in [3.8, 4) is 34.3 Å². The van der Waals surface area contributed by atoms with Crippen molar-refractivity contribution in [2.45, 2.75) is 58.0 Å². The summed E-state index contributed by atoms with van der Waals surface area (Å²) in [6.45, 7) is 7.48. The van der Waals surface area contributed by atoms with Crippen molar-refractivity contribution in [2.75, 3.05) is 13.1 Å². The first-order valence-corrected chi connectivity index (χ1v) is 12.4. The van der Waals surface area contributed by atoms with E-state index < -0.39 is 0 Å². The first-order chi connectivity index (χ1) is 16.9. The number of hydrogen-bond acceptors (Lipinski definition) is 5. The van der Waals surface area contributed by atoms with E-state index in [4.69, 9.17) is 9.72 Å². The highest BCUT2D eigenvalue weighted by atomic mass is 16.5. The van der Waals surface area contributed by atoms with Gasteiger partial charge in [-0.25, -0.2) is 0 Å². The molecule has 2 aromatic carbocycles. The molecule has 178 valence electrons. The van der Waals surface area contributed by atoms with E-state index in [2.05, 4.69) is 29.3 Å². The monoisotopic (exact) mass is 466 g/mol. The van der Waals surface area contributed by atoms with Gasteiger partial charge >= 0.3 is 0 Å². The summed E-state index contributed by atoms with van der Waals surface area (Å²) in [7, 11) is 0. The SMILES string of the molecule is CCC(=O)N1CCC2(CCc3c(-c4cnc(-c5ccc(OC(C)C)c(C#N)c5)cn4)cccc32)C1. The summed E-state index contributed by atoms with van der Waals surface area (Å²) in [6, 6.07) is 14.2. The van der Waals surface area contributed by atoms with Gasteiger partial charge in [0.25, 0.3) is 0 Å². The topological polar surface area (TPSA) is 79.1 Å². The Labute approximate surface area is 206 Å². The minimum absolute atomic E-state index is 0.00166. The van der Waals surface area contributed by atoms with Gasteiger partial charge in [0.15, 0.2) is 0 Å². The molecule has 0 saturated carbocycles. The maximum Gasteiger partial charge on any atom is 0.222 e. The third kappa shape index (κ3) is 4.16. The van der Waals surface area contributed by atoms with Crippen molar-refractivity contribution in [3.05, 3.63) is 65.5 Å². The van der Waals surface area contributed by atoms with Crippen LogP contribution in [-0.2, 0) is 16.6 Å². The van der Waals surface area contributed by atoms with Crippen LogP contribution < -0.4 is 4.74 Å². The molecular formula is C29H30N4O2. The lowest BCUT2D eigenvalue weighted by Gasteiger charge is -2.25. The zero-order valence-corrected chi connectivity index (χ0v) is 20.5. The Bertz CT molecular complexity index is 1310. The molecule has 1 aliphatic heterocycles. The third-order valence-electron chi connectivity index (χ3n) is 7.30. The average molecular weight is 467 g/mol. The number of aromatic nitrogens is 2. The van der Waals surface area contributed by atoms with Crippen LogP contribution in [0.4, 0.5) is 0 Å². The van der Waals surface area contributed by atoms with E-state index in [0.29, 0.717) is 17.7 Å². The molecule has 1 amide bonds. The number of ether oxygens (including phenoxy) is 1. The van der Waals surface area contributed by atoms with E-state index in [0.717, 1.165) is 54.9 Å². The quantitative estimate of drug-likeness (QED) is 0.510. The summed E-state index contributed by atoms with van der Waals surface area (Å²) in [5, 5.41) is 9.55. The van der Waals surface area contributed by atoms with E-state index in [-0.39, 0.29) is 17.4 Å². The zero-order chi connectivity index (χ0) is 24.6. The van der Waals surface area contributed by atoms with E-state index in [1.54, 1.807) is 12.3 Å². The van der Waals surface area contributed by atoms with Crippen LogP contribution in [0.5, 0.6) is 5.75 Å². The first kappa shape index (κ1) is 23.0. The van der Waals surface area contributed by atoms with Gasteiger partial charge in [-0.1, -0.05) is 25.1 Å². The van der Waals surface area contributed by atoms with Crippen molar-refractivity contribution >= 4 is 5.91 Å². The van der Waals surface area contributed by atoms with Gasteiger partial charge < -0.3 is 9.64 Å². The van der Waals surface area contributed by atoms with Gasteiger partial charge in [-0.05, 0) is 62.4 Å². The summed E-state index contributed by atoms with van der Waals surface area (Å²) in [5.74, 6) is 0.826. The fourth-order valence-electron chi connectivity index (χ4n) is 5.57. The van der Waals surface area contributed by atoms with Crippen LogP contribution in [0.25, 0.3) is 22.5 Å². The molecule has 35 heavy (non-hydrogen) atoms. The van der Waals surface area contributed by atoms with Crippen molar-refractivity contribution in [1.29, 1.82) is 5.26 Å². The predicted molar refractivity (Wildman–Crippen MR) is 135 cm³/mol. The van der Waals surface area contributed by atoms with Crippen LogP contribution in [-0.4, -0.2) is 40.0 Å². The number of carbonyl (C=O) groups excluding carboxylic acids is 1. The van der Waals surface area contributed by atoms with E-state index in [1.807, 2.05) is 44.0 Å². The Morgan fingerprint density at radius 3 is 2.69 bits per heavy atom. The maximum atomic E-state index is 12.3. The molecule has 1 spiro atoms. The molecule has 2 heterocycles. The van der Waals surface area contributed by atoms with Crippen LogP contribution in [0.15, 0.2) is 48.8 Å². The summed E-state index contributed by atoms with van der Waals surface area (Å²) < 4.78 is 5.73. The smallest absolute Gasteiger partial charge is 0.222 e. The number of fused-ring (bicyclic) bond motifs is 2. The van der Waals surface area contributed by atoms with Gasteiger partial charge in [0.05, 0.1) is 35.4 Å². The van der Waals surface area contributed by atoms with Crippen LogP contribution in [0, 0.1) is 11.3 Å². The highest BCUT2D eigenvalue weighted by Crippen LogP contribution is 2.48. The molecule has 6 nitrogen and oxygen atoms in total. The lowest BCUT2D eigenvalue weighted by molar-refractivity contribution is -0.130. The predicted octanol–water partition coefficient (Wildman–Crippen LogP) is 5.30. The third-order valence-corrected chi connectivity index (χ3v) is 7.30. The molecule has 6 heteroatoms. The van der Waals surface area contributed by atoms with Gasteiger partial charge in [-0.3, -0.25) is 14.8 Å². The van der Waals surface area contributed by atoms with Crippen LogP contribution >= 0.6 is 0 Å². The minimum Gasteiger partial charge on any atom is -0.490 e. The zero-order valence-electron chi connectivity index (χ0n) is 20.5. The normalized spacial score (nSPS) is 18.7. The molecule has 1 saturated heterocycles. The first-order valence-electron chi connectivity index (χ1n) is 12.4. The van der Waals surface area contributed by atoms with Crippen molar-refractivity contribution < 1.29 is 9.53 Å². The average Bonchev–Trinajstić information content (AvgIpc) is 3.48. The van der Waals surface area contributed by atoms with Crippen LogP contribution in [0.3, 0.4) is 0 Å². The van der Waals surface area contributed by atoms with Gasteiger partial charge in [0.1, 0.15) is 11.8 Å². The fraction of sp³-hybridized carbons (Fsp3) is 0.379. The standard InChI is InChI=1S/C29H30N4O2/c1-4-28(34)33-13-12-29(18-33)11-10-22-23(6-5-7-24(22)29)26-17-31-25(16-32-26)20-8-9-27(35-19(2)3)21(14-20)15-30/h5-9,14,16-17,19H,4,10-13,18H2,1-3H3. The Hall–Kier alpha value is -3.72. The Morgan fingerprint density at radius 1 is 1.17 bits per heavy atom. The Kier molecular flexibility index (Phi) is 6.02. The van der Waals surface area contributed by atoms with Crippen molar-refractivity contribution in [2.24, 2.45) is 0 Å². The summed E-state index contributed by atoms with van der Waals surface area (Å²) in [4.78, 5) is 23.8. The molecule has 2 aliphatic rings. The number of carbonyl (C=O) groups is 1. The molecular weight excluding hydrogens is 436 g/mol. The molecule has 3 aromatic rings. The number of nitrogens with zero attached hydrogens (tertiary/aromatic N) is 4. The number of hydrogen-bond donors (Lipinski definition) is 0. The molecule has 5 rings (SSSR count). The van der Waals surface area contributed by atoms with Gasteiger partial charge in [-0.15, -0.1) is 0 Å². The number of rotatable bonds is 5. The lowest BCUT2D eigenvalue weighted by atomic mass is 9.80.